The Morgan fingerprint density at radius 3 is 2.53 bits per heavy atom. The van der Waals surface area contributed by atoms with Gasteiger partial charge in [0.05, 0.1) is 0 Å². The summed E-state index contributed by atoms with van der Waals surface area (Å²) in [6, 6.07) is 9.13. The van der Waals surface area contributed by atoms with Gasteiger partial charge in [-0.25, -0.2) is 0 Å². The van der Waals surface area contributed by atoms with Gasteiger partial charge in [-0.1, -0.05) is 0 Å². The van der Waals surface area contributed by atoms with Gasteiger partial charge in [-0.05, 0) is 0 Å². The van der Waals surface area contributed by atoms with Crippen molar-refractivity contribution in [3.63, 3.8) is 0 Å². The number of nitrogens with two attached hydrogens (primary N) is 1. The SMILES string of the molecule is CC(=O)N1CCN(c2ccc([AsH]c3ncc(C(N)=O)c(NC4CC4)n3)cc2)C[C@H]1C. The van der Waals surface area contributed by atoms with E-state index in [2.05, 4.69) is 51.4 Å². The van der Waals surface area contributed by atoms with Crippen LogP contribution >= 0.6 is 0 Å². The zero-order valence-electron chi connectivity index (χ0n) is 17.3. The summed E-state index contributed by atoms with van der Waals surface area (Å²) >= 11 is -0.725. The molecule has 2 aliphatic rings. The van der Waals surface area contributed by atoms with Gasteiger partial charge in [0.2, 0.25) is 0 Å². The van der Waals surface area contributed by atoms with Gasteiger partial charge in [-0.15, -0.1) is 0 Å². The fourth-order valence-corrected chi connectivity index (χ4v) is 5.56. The van der Waals surface area contributed by atoms with Gasteiger partial charge < -0.3 is 0 Å². The number of aromatic nitrogens is 2. The van der Waals surface area contributed by atoms with Crippen LogP contribution in [-0.2, 0) is 4.79 Å². The number of carbonyl (C=O) groups excluding carboxylic acids is 2. The quantitative estimate of drug-likeness (QED) is 0.557. The van der Waals surface area contributed by atoms with Crippen molar-refractivity contribution >= 4 is 48.0 Å². The molecule has 2 atom stereocenters. The average Bonchev–Trinajstić information content (AvgIpc) is 3.52. The Morgan fingerprint density at radius 1 is 1.20 bits per heavy atom. The first-order valence-electron chi connectivity index (χ1n) is 10.2. The Bertz CT molecular complexity index is 947. The van der Waals surface area contributed by atoms with E-state index < -0.39 is 21.7 Å². The van der Waals surface area contributed by atoms with Crippen LogP contribution in [0.1, 0.15) is 37.0 Å². The number of benzene rings is 1. The minimum absolute atomic E-state index is 0.140. The first-order chi connectivity index (χ1) is 14.4. The summed E-state index contributed by atoms with van der Waals surface area (Å²) in [5.74, 6) is 0.196. The Balaban J connectivity index is 1.43. The molecule has 2 aromatic rings. The van der Waals surface area contributed by atoms with E-state index in [1.807, 2.05) is 4.90 Å². The fourth-order valence-electron chi connectivity index (χ4n) is 3.70. The molecule has 1 saturated carbocycles. The number of amides is 2. The van der Waals surface area contributed by atoms with E-state index >= 15 is 0 Å². The molecule has 2 fully saturated rings. The summed E-state index contributed by atoms with van der Waals surface area (Å²) in [5.41, 5.74) is 6.98. The van der Waals surface area contributed by atoms with Gasteiger partial charge in [0, 0.05) is 0 Å². The third-order valence-electron chi connectivity index (χ3n) is 5.49. The van der Waals surface area contributed by atoms with Crippen LogP contribution < -0.4 is 24.9 Å². The van der Waals surface area contributed by atoms with E-state index in [9.17, 15) is 9.59 Å². The summed E-state index contributed by atoms with van der Waals surface area (Å²) in [5, 5.41) is 3.29. The topological polar surface area (TPSA) is 104 Å². The van der Waals surface area contributed by atoms with Crippen LogP contribution in [0, 0.1) is 0 Å². The number of primary amides is 1. The number of rotatable bonds is 6. The Kier molecular flexibility index (Phi) is 5.95. The normalized spacial score (nSPS) is 19.3. The van der Waals surface area contributed by atoms with Crippen molar-refractivity contribution in [2.45, 2.75) is 38.8 Å². The second-order valence-electron chi connectivity index (χ2n) is 7.92. The Morgan fingerprint density at radius 2 is 1.93 bits per heavy atom. The van der Waals surface area contributed by atoms with Crippen LogP contribution in [0.4, 0.5) is 11.5 Å². The van der Waals surface area contributed by atoms with Gasteiger partial charge in [-0.2, -0.15) is 0 Å². The zero-order valence-corrected chi connectivity index (χ0v) is 19.4. The molecule has 1 aromatic heterocycles. The summed E-state index contributed by atoms with van der Waals surface area (Å²) in [4.78, 5) is 36.6. The number of nitrogens with zero attached hydrogens (tertiary/aromatic N) is 4. The molecule has 0 radical (unpaired) electrons. The average molecular weight is 470 g/mol. The van der Waals surface area contributed by atoms with Crippen LogP contribution in [0.5, 0.6) is 0 Å². The molecule has 3 N–H and O–H groups in total. The molecular weight excluding hydrogens is 443 g/mol. The predicted octanol–water partition coefficient (Wildman–Crippen LogP) is -0.406. The molecule has 4 rings (SSSR count). The fraction of sp³-hybridized carbons (Fsp3) is 0.429. The van der Waals surface area contributed by atoms with Crippen molar-refractivity contribution in [3.8, 4) is 0 Å². The van der Waals surface area contributed by atoms with Gasteiger partial charge in [0.15, 0.2) is 0 Å². The molecule has 2 amide bonds. The van der Waals surface area contributed by atoms with Crippen molar-refractivity contribution in [2.75, 3.05) is 29.9 Å². The molecule has 1 aromatic carbocycles. The van der Waals surface area contributed by atoms with E-state index in [0.29, 0.717) is 17.4 Å². The van der Waals surface area contributed by atoms with Crippen molar-refractivity contribution in [3.05, 3.63) is 36.0 Å². The third-order valence-corrected chi connectivity index (χ3v) is 7.77. The van der Waals surface area contributed by atoms with E-state index in [0.717, 1.165) is 37.1 Å². The van der Waals surface area contributed by atoms with E-state index in [1.54, 1.807) is 13.1 Å². The summed E-state index contributed by atoms with van der Waals surface area (Å²) in [6.45, 7) is 6.16. The number of piperazine rings is 1. The van der Waals surface area contributed by atoms with Crippen LogP contribution in [-0.4, -0.2) is 74.2 Å². The standard InChI is InChI=1S/C21H27AsN6O2/c1-13-12-27(9-10-28(13)14(2)29)17-7-3-15(4-8-17)22-21-24-11-18(19(23)30)20(26-21)25-16-5-6-16/h3-4,7-8,11,13,16,22H,5-6,9-10,12H2,1-2H3,(H2,23,30)(H,24,25,26)/t13-/m1/s1. The first-order valence-corrected chi connectivity index (χ1v) is 12.3. The van der Waals surface area contributed by atoms with Crippen LogP contribution in [0.2, 0.25) is 0 Å². The Hall–Kier alpha value is -2.60. The molecule has 2 heterocycles. The molecule has 1 unspecified atom stereocenters. The van der Waals surface area contributed by atoms with E-state index in [-0.39, 0.29) is 11.9 Å². The molecule has 1 aliphatic heterocycles. The minimum atomic E-state index is -0.725. The number of hydrogen-bond acceptors (Lipinski definition) is 6. The summed E-state index contributed by atoms with van der Waals surface area (Å²) in [6.07, 6.45) is 3.73. The van der Waals surface area contributed by atoms with Gasteiger partial charge in [-0.3, -0.25) is 0 Å². The van der Waals surface area contributed by atoms with Gasteiger partial charge >= 0.3 is 183 Å². The van der Waals surface area contributed by atoms with Crippen LogP contribution in [0.3, 0.4) is 0 Å². The molecule has 158 valence electrons. The summed E-state index contributed by atoms with van der Waals surface area (Å²) in [7, 11) is 0. The van der Waals surface area contributed by atoms with Gasteiger partial charge in [0.1, 0.15) is 0 Å². The molecule has 9 heteroatoms. The van der Waals surface area contributed by atoms with E-state index in [4.69, 9.17) is 5.73 Å². The van der Waals surface area contributed by atoms with Crippen molar-refractivity contribution in [1.82, 2.24) is 14.9 Å². The number of anilines is 2. The molecule has 8 nitrogen and oxygen atoms in total. The zero-order chi connectivity index (χ0) is 21.3. The number of carbonyl (C=O) groups is 2. The Labute approximate surface area is 182 Å². The molecule has 0 spiro atoms. The second-order valence-corrected chi connectivity index (χ2v) is 10.6. The number of nitrogens with one attached hydrogen (secondary N) is 1. The van der Waals surface area contributed by atoms with Crippen LogP contribution in [0.15, 0.2) is 30.5 Å². The molecule has 1 saturated heterocycles. The summed E-state index contributed by atoms with van der Waals surface area (Å²) < 4.78 is 2.00. The molecule has 0 bridgehead atoms. The molecule has 1 aliphatic carbocycles. The monoisotopic (exact) mass is 470 g/mol. The van der Waals surface area contributed by atoms with Gasteiger partial charge in [0.25, 0.3) is 0 Å². The predicted molar refractivity (Wildman–Crippen MR) is 119 cm³/mol. The van der Waals surface area contributed by atoms with Crippen LogP contribution in [0.25, 0.3) is 0 Å². The number of hydrogen-bond donors (Lipinski definition) is 2. The second kappa shape index (κ2) is 8.64. The molecular formula is C21H27AsN6O2. The third kappa shape index (κ3) is 4.75. The van der Waals surface area contributed by atoms with E-state index in [1.165, 1.54) is 10.0 Å². The van der Waals surface area contributed by atoms with Crippen molar-refractivity contribution in [1.29, 1.82) is 0 Å². The maximum absolute atomic E-state index is 11.7. The van der Waals surface area contributed by atoms with Crippen molar-refractivity contribution in [2.24, 2.45) is 5.73 Å². The van der Waals surface area contributed by atoms with Crippen molar-refractivity contribution < 1.29 is 9.59 Å². The first kappa shape index (κ1) is 20.7. The maximum atomic E-state index is 11.7. The molecule has 30 heavy (non-hydrogen) atoms.